The molecule has 0 amide bonds. The average molecular weight is 165 g/mol. The van der Waals surface area contributed by atoms with Crippen LogP contribution in [0.15, 0.2) is 23.4 Å². The van der Waals surface area contributed by atoms with Gasteiger partial charge in [-0.3, -0.25) is 0 Å². The van der Waals surface area contributed by atoms with E-state index in [1.165, 1.54) is 0 Å². The standard InChI is InChI=1S/C7H5NO4/c9-6-2-1-4(8-12)3-5(6)7(10)11/h1-3,9H,(H,10,11)/p-2. The summed E-state index contributed by atoms with van der Waals surface area (Å²) in [6, 6.07) is 2.98. The van der Waals surface area contributed by atoms with Crippen LogP contribution in [0.3, 0.4) is 0 Å². The Hall–Kier alpha value is -1.91. The Kier molecular flexibility index (Phi) is 2.05. The van der Waals surface area contributed by atoms with Gasteiger partial charge in [0.2, 0.25) is 0 Å². The number of carbonyl (C=O) groups excluding carboxylic acids is 1. The highest BCUT2D eigenvalue weighted by Crippen LogP contribution is 2.19. The van der Waals surface area contributed by atoms with E-state index in [0.29, 0.717) is 0 Å². The maximum Gasteiger partial charge on any atom is 0.108 e. The van der Waals surface area contributed by atoms with Crippen LogP contribution in [0.4, 0.5) is 5.69 Å². The van der Waals surface area contributed by atoms with Crippen LogP contribution in [0.25, 0.3) is 0 Å². The molecule has 0 radical (unpaired) electrons. The molecular weight excluding hydrogens is 162 g/mol. The summed E-state index contributed by atoms with van der Waals surface area (Å²) in [4.78, 5) is 20.2. The van der Waals surface area contributed by atoms with E-state index in [-0.39, 0.29) is 5.69 Å². The molecule has 1 aromatic rings. The van der Waals surface area contributed by atoms with Crippen LogP contribution in [0.5, 0.6) is 5.75 Å². The lowest BCUT2D eigenvalue weighted by molar-refractivity contribution is -0.276. The molecule has 0 atom stereocenters. The highest BCUT2D eigenvalue weighted by atomic mass is 16.4. The first-order valence-electron chi connectivity index (χ1n) is 3.01. The fraction of sp³-hybridized carbons (Fsp3) is 0. The second-order valence-electron chi connectivity index (χ2n) is 2.06. The number of nitroso groups, excluding NO2 is 1. The predicted octanol–water partition coefficient (Wildman–Crippen LogP) is -0.478. The number of rotatable bonds is 2. The van der Waals surface area contributed by atoms with Crippen molar-refractivity contribution in [1.82, 2.24) is 0 Å². The van der Waals surface area contributed by atoms with Gasteiger partial charge < -0.3 is 15.0 Å². The fourth-order valence-corrected chi connectivity index (χ4v) is 0.734. The Bertz CT molecular complexity index is 334. The third kappa shape index (κ3) is 1.39. The van der Waals surface area contributed by atoms with Crippen LogP contribution in [0.2, 0.25) is 0 Å². The highest BCUT2D eigenvalue weighted by Gasteiger charge is 1.97. The Morgan fingerprint density at radius 1 is 1.42 bits per heavy atom. The zero-order valence-corrected chi connectivity index (χ0v) is 5.81. The summed E-state index contributed by atoms with van der Waals surface area (Å²) in [6.45, 7) is 0. The molecule has 5 nitrogen and oxygen atoms in total. The molecule has 1 aromatic carbocycles. The molecule has 62 valence electrons. The predicted molar refractivity (Wildman–Crippen MR) is 35.7 cm³/mol. The minimum absolute atomic E-state index is 0.103. The van der Waals surface area contributed by atoms with E-state index in [0.717, 1.165) is 18.2 Å². The number of hydrogen-bond donors (Lipinski definition) is 0. The molecule has 0 N–H and O–H groups in total. The van der Waals surface area contributed by atoms with Crippen molar-refractivity contribution in [2.24, 2.45) is 5.18 Å². The summed E-state index contributed by atoms with van der Waals surface area (Å²) in [5.74, 6) is -2.30. The average Bonchev–Trinajstić information content (AvgIpc) is 2.05. The van der Waals surface area contributed by atoms with E-state index in [1.807, 2.05) is 0 Å². The molecule has 12 heavy (non-hydrogen) atoms. The van der Waals surface area contributed by atoms with Crippen molar-refractivity contribution >= 4 is 11.7 Å². The van der Waals surface area contributed by atoms with E-state index in [4.69, 9.17) is 0 Å². The van der Waals surface area contributed by atoms with Gasteiger partial charge in [0.05, 0.1) is 5.97 Å². The van der Waals surface area contributed by atoms with Crippen molar-refractivity contribution in [3.63, 3.8) is 0 Å². The van der Waals surface area contributed by atoms with Gasteiger partial charge in [-0.15, -0.1) is 4.91 Å². The first-order chi connectivity index (χ1) is 5.65. The largest absolute Gasteiger partial charge is 0.872 e. The maximum atomic E-state index is 10.8. The highest BCUT2D eigenvalue weighted by molar-refractivity contribution is 5.89. The summed E-state index contributed by atoms with van der Waals surface area (Å²) >= 11 is 0. The van der Waals surface area contributed by atoms with E-state index in [9.17, 15) is 19.9 Å². The van der Waals surface area contributed by atoms with Crippen molar-refractivity contribution in [1.29, 1.82) is 0 Å². The molecular formula is C7H3NO4-2. The summed E-state index contributed by atoms with van der Waals surface area (Å²) in [5, 5.41) is 23.5. The molecule has 0 fully saturated rings. The summed E-state index contributed by atoms with van der Waals surface area (Å²) in [7, 11) is 0. The molecule has 5 heteroatoms. The number of hydrogen-bond acceptors (Lipinski definition) is 5. The molecule has 0 bridgehead atoms. The SMILES string of the molecule is O=Nc1ccc([O-])c(C(=O)[O-])c1. The van der Waals surface area contributed by atoms with Crippen LogP contribution in [0, 0.1) is 4.91 Å². The molecule has 0 aliphatic rings. The van der Waals surface area contributed by atoms with Crippen molar-refractivity contribution < 1.29 is 15.0 Å². The van der Waals surface area contributed by atoms with Crippen molar-refractivity contribution in [3.8, 4) is 5.75 Å². The molecule has 0 spiro atoms. The van der Waals surface area contributed by atoms with Gasteiger partial charge in [-0.25, -0.2) is 0 Å². The van der Waals surface area contributed by atoms with E-state index in [1.54, 1.807) is 0 Å². The first-order valence-corrected chi connectivity index (χ1v) is 3.01. The molecule has 0 heterocycles. The monoisotopic (exact) mass is 165 g/mol. The van der Waals surface area contributed by atoms with Crippen LogP contribution in [0.1, 0.15) is 10.4 Å². The van der Waals surface area contributed by atoms with Crippen LogP contribution in [-0.2, 0) is 0 Å². The quantitative estimate of drug-likeness (QED) is 0.553. The molecule has 0 aliphatic heterocycles. The number of nitrogens with zero attached hydrogens (tertiary/aromatic N) is 1. The molecule has 0 aliphatic carbocycles. The lowest BCUT2D eigenvalue weighted by Gasteiger charge is -2.13. The smallest absolute Gasteiger partial charge is 0.108 e. The molecule has 0 saturated carbocycles. The van der Waals surface area contributed by atoms with Crippen molar-refractivity contribution in [2.45, 2.75) is 0 Å². The summed E-state index contributed by atoms with van der Waals surface area (Å²) in [6.07, 6.45) is 0. The Labute approximate surface area is 67.2 Å². The number of aromatic carboxylic acids is 1. The Morgan fingerprint density at radius 3 is 2.58 bits per heavy atom. The second kappa shape index (κ2) is 3.00. The normalized spacial score (nSPS) is 9.33. The number of carbonyl (C=O) groups is 1. The maximum absolute atomic E-state index is 10.8. The van der Waals surface area contributed by atoms with Crippen LogP contribution in [-0.4, -0.2) is 5.97 Å². The van der Waals surface area contributed by atoms with E-state index in [2.05, 4.69) is 5.18 Å². The number of benzene rings is 1. The van der Waals surface area contributed by atoms with Crippen molar-refractivity contribution in [2.75, 3.05) is 0 Å². The van der Waals surface area contributed by atoms with Gasteiger partial charge in [0.25, 0.3) is 0 Å². The topological polar surface area (TPSA) is 92.6 Å². The Balaban J connectivity index is 3.25. The fourth-order valence-electron chi connectivity index (χ4n) is 0.734. The summed E-state index contributed by atoms with van der Waals surface area (Å²) < 4.78 is 0. The van der Waals surface area contributed by atoms with Crippen LogP contribution < -0.4 is 10.2 Å². The van der Waals surface area contributed by atoms with Gasteiger partial charge in [-0.05, 0) is 22.9 Å². The minimum atomic E-state index is -1.61. The van der Waals surface area contributed by atoms with Gasteiger partial charge in [0.1, 0.15) is 5.69 Å². The summed E-state index contributed by atoms with van der Waals surface area (Å²) in [5.41, 5.74) is -0.652. The van der Waals surface area contributed by atoms with Gasteiger partial charge in [-0.2, -0.15) is 0 Å². The third-order valence-corrected chi connectivity index (χ3v) is 1.29. The molecule has 0 unspecified atom stereocenters. The minimum Gasteiger partial charge on any atom is -0.872 e. The number of carboxylic acid groups (broad SMARTS) is 1. The van der Waals surface area contributed by atoms with Gasteiger partial charge in [0, 0.05) is 0 Å². The van der Waals surface area contributed by atoms with E-state index < -0.39 is 17.3 Å². The third-order valence-electron chi connectivity index (χ3n) is 1.29. The zero-order valence-electron chi connectivity index (χ0n) is 5.81. The van der Waals surface area contributed by atoms with E-state index >= 15 is 0 Å². The lowest BCUT2D eigenvalue weighted by Crippen LogP contribution is -2.23. The molecule has 0 aromatic heterocycles. The lowest BCUT2D eigenvalue weighted by atomic mass is 10.2. The molecule has 1 rings (SSSR count). The second-order valence-corrected chi connectivity index (χ2v) is 2.06. The van der Waals surface area contributed by atoms with Gasteiger partial charge >= 0.3 is 0 Å². The van der Waals surface area contributed by atoms with Gasteiger partial charge in [-0.1, -0.05) is 11.8 Å². The number of carboxylic acids is 1. The van der Waals surface area contributed by atoms with Crippen molar-refractivity contribution in [3.05, 3.63) is 28.7 Å². The van der Waals surface area contributed by atoms with Gasteiger partial charge in [0.15, 0.2) is 0 Å². The zero-order chi connectivity index (χ0) is 9.14. The Morgan fingerprint density at radius 2 is 2.08 bits per heavy atom. The van der Waals surface area contributed by atoms with Crippen LogP contribution >= 0.6 is 0 Å². The first kappa shape index (κ1) is 8.19. The molecule has 0 saturated heterocycles.